The third kappa shape index (κ3) is 3.39. The first kappa shape index (κ1) is 14.6. The Balaban J connectivity index is 2.15. The Morgan fingerprint density at radius 3 is 2.53 bits per heavy atom. The number of methoxy groups -OCH3 is 1. The number of hydrogen-bond acceptors (Lipinski definition) is 4. The first-order valence-electron chi connectivity index (χ1n) is 6.61. The SMILES string of the molecule is COc1ccc(C(CN)N2CCN(C)CC2)cc1Cl. The second-order valence-electron chi connectivity index (χ2n) is 4.98. The first-order chi connectivity index (χ1) is 9.15. The average molecular weight is 284 g/mol. The zero-order valence-electron chi connectivity index (χ0n) is 11.6. The molecule has 5 heteroatoms. The maximum absolute atomic E-state index is 6.20. The van der Waals surface area contributed by atoms with Crippen LogP contribution in [-0.4, -0.2) is 56.7 Å². The van der Waals surface area contributed by atoms with Crippen LogP contribution >= 0.6 is 11.6 Å². The van der Waals surface area contributed by atoms with Gasteiger partial charge in [0.1, 0.15) is 5.75 Å². The summed E-state index contributed by atoms with van der Waals surface area (Å²) in [5, 5.41) is 0.646. The molecule has 0 amide bonds. The number of nitrogens with two attached hydrogens (primary N) is 1. The largest absolute Gasteiger partial charge is 0.495 e. The zero-order chi connectivity index (χ0) is 13.8. The molecule has 0 saturated carbocycles. The highest BCUT2D eigenvalue weighted by Gasteiger charge is 2.23. The molecule has 0 spiro atoms. The van der Waals surface area contributed by atoms with Crippen molar-refractivity contribution < 1.29 is 4.74 Å². The number of halogens is 1. The topological polar surface area (TPSA) is 41.7 Å². The van der Waals surface area contributed by atoms with E-state index in [9.17, 15) is 0 Å². The number of benzene rings is 1. The molecule has 1 saturated heterocycles. The van der Waals surface area contributed by atoms with Gasteiger partial charge in [0.05, 0.1) is 12.1 Å². The summed E-state index contributed by atoms with van der Waals surface area (Å²) in [6.07, 6.45) is 0. The van der Waals surface area contributed by atoms with Crippen molar-refractivity contribution in [3.05, 3.63) is 28.8 Å². The normalized spacial score (nSPS) is 19.4. The van der Waals surface area contributed by atoms with Crippen LogP contribution in [0.25, 0.3) is 0 Å². The minimum Gasteiger partial charge on any atom is -0.495 e. The lowest BCUT2D eigenvalue weighted by Crippen LogP contribution is -2.47. The lowest BCUT2D eigenvalue weighted by Gasteiger charge is -2.37. The van der Waals surface area contributed by atoms with Crippen LogP contribution in [-0.2, 0) is 0 Å². The van der Waals surface area contributed by atoms with Crippen LogP contribution in [0.15, 0.2) is 18.2 Å². The molecule has 1 aromatic rings. The summed E-state index contributed by atoms with van der Waals surface area (Å²) in [5.41, 5.74) is 7.13. The summed E-state index contributed by atoms with van der Waals surface area (Å²) < 4.78 is 5.19. The first-order valence-corrected chi connectivity index (χ1v) is 6.99. The third-order valence-corrected chi connectivity index (χ3v) is 4.06. The molecule has 1 heterocycles. The van der Waals surface area contributed by atoms with Crippen LogP contribution in [0.2, 0.25) is 5.02 Å². The standard InChI is InChI=1S/C14H22ClN3O/c1-17-5-7-18(8-6-17)13(10-16)11-3-4-14(19-2)12(15)9-11/h3-4,9,13H,5-8,10,16H2,1-2H3. The molecular formula is C14H22ClN3O. The van der Waals surface area contributed by atoms with Gasteiger partial charge in [-0.2, -0.15) is 0 Å². The molecule has 0 bridgehead atoms. The molecule has 0 radical (unpaired) electrons. The molecule has 0 aromatic heterocycles. The van der Waals surface area contributed by atoms with Gasteiger partial charge in [0.25, 0.3) is 0 Å². The molecular weight excluding hydrogens is 262 g/mol. The Morgan fingerprint density at radius 2 is 2.00 bits per heavy atom. The maximum Gasteiger partial charge on any atom is 0.137 e. The van der Waals surface area contributed by atoms with Crippen molar-refractivity contribution in [1.82, 2.24) is 9.80 Å². The van der Waals surface area contributed by atoms with Crippen LogP contribution in [0.1, 0.15) is 11.6 Å². The van der Waals surface area contributed by atoms with E-state index < -0.39 is 0 Å². The number of rotatable bonds is 4. The summed E-state index contributed by atoms with van der Waals surface area (Å²) in [6, 6.07) is 6.17. The van der Waals surface area contributed by atoms with Gasteiger partial charge in [0.2, 0.25) is 0 Å². The number of piperazine rings is 1. The summed E-state index contributed by atoms with van der Waals surface area (Å²) in [5.74, 6) is 0.708. The predicted molar refractivity (Wildman–Crippen MR) is 78.9 cm³/mol. The van der Waals surface area contributed by atoms with Crippen molar-refractivity contribution in [3.63, 3.8) is 0 Å². The Labute approximate surface area is 120 Å². The van der Waals surface area contributed by atoms with Crippen LogP contribution in [0.4, 0.5) is 0 Å². The van der Waals surface area contributed by atoms with Crippen molar-refractivity contribution in [2.45, 2.75) is 6.04 Å². The molecule has 4 nitrogen and oxygen atoms in total. The van der Waals surface area contributed by atoms with E-state index in [0.717, 1.165) is 31.7 Å². The molecule has 19 heavy (non-hydrogen) atoms. The molecule has 1 aliphatic rings. The fraction of sp³-hybridized carbons (Fsp3) is 0.571. The molecule has 1 unspecified atom stereocenters. The minimum absolute atomic E-state index is 0.233. The van der Waals surface area contributed by atoms with Crippen molar-refractivity contribution in [2.75, 3.05) is 46.9 Å². The molecule has 1 atom stereocenters. The van der Waals surface area contributed by atoms with Gasteiger partial charge in [0.15, 0.2) is 0 Å². The Morgan fingerprint density at radius 1 is 1.32 bits per heavy atom. The second kappa shape index (κ2) is 6.57. The van der Waals surface area contributed by atoms with Gasteiger partial charge >= 0.3 is 0 Å². The van der Waals surface area contributed by atoms with Crippen molar-refractivity contribution in [3.8, 4) is 5.75 Å². The van der Waals surface area contributed by atoms with E-state index in [1.54, 1.807) is 7.11 Å². The van der Waals surface area contributed by atoms with Gasteiger partial charge in [-0.3, -0.25) is 4.90 Å². The Kier molecular flexibility index (Phi) is 5.05. The van der Waals surface area contributed by atoms with Crippen LogP contribution in [0, 0.1) is 0 Å². The Bertz CT molecular complexity index is 419. The number of nitrogens with zero attached hydrogens (tertiary/aromatic N) is 2. The molecule has 1 aromatic carbocycles. The van der Waals surface area contributed by atoms with E-state index >= 15 is 0 Å². The van der Waals surface area contributed by atoms with Crippen molar-refractivity contribution >= 4 is 11.6 Å². The summed E-state index contributed by atoms with van der Waals surface area (Å²) in [6.45, 7) is 4.86. The van der Waals surface area contributed by atoms with Crippen molar-refractivity contribution in [1.29, 1.82) is 0 Å². The highest BCUT2D eigenvalue weighted by molar-refractivity contribution is 6.32. The number of hydrogen-bond donors (Lipinski definition) is 1. The molecule has 1 aliphatic heterocycles. The van der Waals surface area contributed by atoms with Gasteiger partial charge in [-0.15, -0.1) is 0 Å². The van der Waals surface area contributed by atoms with Gasteiger partial charge in [-0.05, 0) is 24.7 Å². The third-order valence-electron chi connectivity index (χ3n) is 3.76. The monoisotopic (exact) mass is 283 g/mol. The van der Waals surface area contributed by atoms with Crippen LogP contribution in [0.3, 0.4) is 0 Å². The maximum atomic E-state index is 6.20. The molecule has 2 rings (SSSR count). The van der Waals surface area contributed by atoms with Gasteiger partial charge < -0.3 is 15.4 Å². The van der Waals surface area contributed by atoms with E-state index in [1.165, 1.54) is 0 Å². The summed E-state index contributed by atoms with van der Waals surface area (Å²) >= 11 is 6.20. The van der Waals surface area contributed by atoms with Gasteiger partial charge in [-0.25, -0.2) is 0 Å². The average Bonchev–Trinajstić information content (AvgIpc) is 2.42. The van der Waals surface area contributed by atoms with Crippen molar-refractivity contribution in [2.24, 2.45) is 5.73 Å². The lowest BCUT2D eigenvalue weighted by molar-refractivity contribution is 0.114. The van der Waals surface area contributed by atoms with Gasteiger partial charge in [0, 0.05) is 38.8 Å². The second-order valence-corrected chi connectivity index (χ2v) is 5.39. The van der Waals surface area contributed by atoms with E-state index in [4.69, 9.17) is 22.1 Å². The number of likely N-dealkylation sites (N-methyl/N-ethyl adjacent to an activating group) is 1. The highest BCUT2D eigenvalue weighted by Crippen LogP contribution is 2.29. The van der Waals surface area contributed by atoms with Gasteiger partial charge in [-0.1, -0.05) is 17.7 Å². The van der Waals surface area contributed by atoms with E-state index in [2.05, 4.69) is 22.9 Å². The van der Waals surface area contributed by atoms with E-state index in [0.29, 0.717) is 17.3 Å². The Hall–Kier alpha value is -0.810. The molecule has 0 aliphatic carbocycles. The van der Waals surface area contributed by atoms with E-state index in [1.807, 2.05) is 12.1 Å². The molecule has 1 fully saturated rings. The van der Waals surface area contributed by atoms with E-state index in [-0.39, 0.29) is 6.04 Å². The summed E-state index contributed by atoms with van der Waals surface area (Å²) in [4.78, 5) is 4.77. The quantitative estimate of drug-likeness (QED) is 0.911. The molecule has 2 N–H and O–H groups in total. The fourth-order valence-electron chi connectivity index (χ4n) is 2.52. The van der Waals surface area contributed by atoms with Crippen LogP contribution in [0.5, 0.6) is 5.75 Å². The predicted octanol–water partition coefficient (Wildman–Crippen LogP) is 1.60. The zero-order valence-corrected chi connectivity index (χ0v) is 12.4. The minimum atomic E-state index is 0.233. The number of ether oxygens (including phenoxy) is 1. The highest BCUT2D eigenvalue weighted by atomic mass is 35.5. The van der Waals surface area contributed by atoms with Crippen LogP contribution < -0.4 is 10.5 Å². The molecule has 106 valence electrons. The smallest absolute Gasteiger partial charge is 0.137 e. The lowest BCUT2D eigenvalue weighted by atomic mass is 10.0. The summed E-state index contributed by atoms with van der Waals surface area (Å²) in [7, 11) is 3.78. The fourth-order valence-corrected chi connectivity index (χ4v) is 2.79.